The smallest absolute Gasteiger partial charge is 0.407 e. The summed E-state index contributed by atoms with van der Waals surface area (Å²) in [6, 6.07) is 6.70. The Hall–Kier alpha value is -2.09. The summed E-state index contributed by atoms with van der Waals surface area (Å²) in [5, 5.41) is 2.83. The molecule has 1 N–H and O–H groups in total. The van der Waals surface area contributed by atoms with Gasteiger partial charge >= 0.3 is 6.09 Å². The highest BCUT2D eigenvalue weighted by atomic mass is 32.2. The molecule has 0 radical (unpaired) electrons. The van der Waals surface area contributed by atoms with Crippen LogP contribution in [0.5, 0.6) is 0 Å². The lowest BCUT2D eigenvalue weighted by molar-refractivity contribution is 0.0507. The number of sulfonamides is 1. The SMILES string of the molecule is CC(C)(C)OC(=O)N[C@H]1CCN(C2=NS(=O)(=O)c3ccccc32)C1. The third-order valence-electron chi connectivity index (χ3n) is 3.82. The molecule has 2 aliphatic heterocycles. The Morgan fingerprint density at radius 3 is 2.75 bits per heavy atom. The molecule has 8 heteroatoms. The fraction of sp³-hybridized carbons (Fsp3) is 0.500. The number of benzene rings is 1. The van der Waals surface area contributed by atoms with Crippen LogP contribution in [0.2, 0.25) is 0 Å². The predicted molar refractivity (Wildman–Crippen MR) is 89.5 cm³/mol. The van der Waals surface area contributed by atoms with Gasteiger partial charge in [-0.3, -0.25) is 0 Å². The van der Waals surface area contributed by atoms with Crippen LogP contribution in [-0.4, -0.2) is 50.0 Å². The fourth-order valence-corrected chi connectivity index (χ4v) is 4.09. The molecule has 1 aromatic carbocycles. The lowest BCUT2D eigenvalue weighted by atomic mass is 10.2. The largest absolute Gasteiger partial charge is 0.444 e. The first-order valence-corrected chi connectivity index (χ1v) is 9.28. The molecule has 0 spiro atoms. The van der Waals surface area contributed by atoms with Gasteiger partial charge in [0, 0.05) is 18.7 Å². The number of fused-ring (bicyclic) bond motifs is 1. The monoisotopic (exact) mass is 351 g/mol. The summed E-state index contributed by atoms with van der Waals surface area (Å²) in [5.74, 6) is 0.457. The molecule has 1 fully saturated rings. The molecular weight excluding hydrogens is 330 g/mol. The van der Waals surface area contributed by atoms with Gasteiger partial charge < -0.3 is 15.0 Å². The Kier molecular flexibility index (Phi) is 4.03. The van der Waals surface area contributed by atoms with Gasteiger partial charge in [0.25, 0.3) is 10.0 Å². The summed E-state index contributed by atoms with van der Waals surface area (Å²) in [7, 11) is -3.62. The number of hydrogen-bond donors (Lipinski definition) is 1. The minimum atomic E-state index is -3.62. The van der Waals surface area contributed by atoms with Crippen molar-refractivity contribution in [2.24, 2.45) is 4.40 Å². The molecule has 130 valence electrons. The van der Waals surface area contributed by atoms with Gasteiger partial charge in [-0.15, -0.1) is 4.40 Å². The van der Waals surface area contributed by atoms with Gasteiger partial charge in [-0.1, -0.05) is 12.1 Å². The van der Waals surface area contributed by atoms with Crippen molar-refractivity contribution in [3.8, 4) is 0 Å². The Morgan fingerprint density at radius 2 is 2.04 bits per heavy atom. The first-order valence-electron chi connectivity index (χ1n) is 7.84. The maximum atomic E-state index is 12.1. The van der Waals surface area contributed by atoms with Crippen molar-refractivity contribution in [1.82, 2.24) is 10.2 Å². The van der Waals surface area contributed by atoms with Crippen molar-refractivity contribution in [1.29, 1.82) is 0 Å². The van der Waals surface area contributed by atoms with Crippen LogP contribution in [0.25, 0.3) is 0 Å². The number of nitrogens with one attached hydrogen (secondary N) is 1. The minimum Gasteiger partial charge on any atom is -0.444 e. The molecule has 7 nitrogen and oxygen atoms in total. The van der Waals surface area contributed by atoms with E-state index in [2.05, 4.69) is 9.71 Å². The van der Waals surface area contributed by atoms with E-state index in [-0.39, 0.29) is 10.9 Å². The van der Waals surface area contributed by atoms with Crippen LogP contribution in [0, 0.1) is 0 Å². The number of carbonyl (C=O) groups excluding carboxylic acids is 1. The number of nitrogens with zero attached hydrogens (tertiary/aromatic N) is 2. The molecule has 2 aliphatic rings. The van der Waals surface area contributed by atoms with Crippen molar-refractivity contribution >= 4 is 22.0 Å². The predicted octanol–water partition coefficient (Wildman–Crippen LogP) is 1.73. The third-order valence-corrected chi connectivity index (χ3v) is 5.15. The molecule has 2 heterocycles. The molecule has 0 saturated carbocycles. The zero-order valence-corrected chi connectivity index (χ0v) is 14.8. The van der Waals surface area contributed by atoms with Gasteiger partial charge in [0.15, 0.2) is 5.84 Å². The van der Waals surface area contributed by atoms with Crippen LogP contribution in [-0.2, 0) is 14.8 Å². The van der Waals surface area contributed by atoms with Crippen molar-refractivity contribution in [3.05, 3.63) is 29.8 Å². The molecular formula is C16H21N3O4S. The second kappa shape index (κ2) is 5.77. The molecule has 3 rings (SSSR count). The standard InChI is InChI=1S/C16H21N3O4S/c1-16(2,3)23-15(20)17-11-8-9-19(10-11)14-12-6-4-5-7-13(12)24(21,22)18-14/h4-7,11H,8-10H2,1-3H3,(H,17,20)/t11-/m0/s1. The molecule has 1 aromatic rings. The van der Waals surface area contributed by atoms with Gasteiger partial charge in [0.1, 0.15) is 10.5 Å². The summed E-state index contributed by atoms with van der Waals surface area (Å²) in [6.45, 7) is 6.55. The molecule has 1 amide bonds. The molecule has 0 aliphatic carbocycles. The first-order chi connectivity index (χ1) is 11.2. The number of hydrogen-bond acceptors (Lipinski definition) is 5. The van der Waals surface area contributed by atoms with Gasteiger partial charge in [-0.25, -0.2) is 4.79 Å². The van der Waals surface area contributed by atoms with E-state index in [0.717, 1.165) is 0 Å². The Morgan fingerprint density at radius 1 is 1.33 bits per heavy atom. The summed E-state index contributed by atoms with van der Waals surface area (Å²) in [4.78, 5) is 14.0. The van der Waals surface area contributed by atoms with E-state index < -0.39 is 21.7 Å². The topological polar surface area (TPSA) is 88.1 Å². The number of alkyl carbamates (subject to hydrolysis) is 1. The highest BCUT2D eigenvalue weighted by Gasteiger charge is 2.35. The molecule has 24 heavy (non-hydrogen) atoms. The van der Waals surface area contributed by atoms with Crippen molar-refractivity contribution in [2.75, 3.05) is 13.1 Å². The van der Waals surface area contributed by atoms with Crippen LogP contribution in [0.15, 0.2) is 33.6 Å². The number of ether oxygens (including phenoxy) is 1. The van der Waals surface area contributed by atoms with Gasteiger partial charge in [0.05, 0.1) is 6.04 Å². The van der Waals surface area contributed by atoms with E-state index >= 15 is 0 Å². The van der Waals surface area contributed by atoms with Crippen molar-refractivity contribution in [2.45, 2.75) is 43.7 Å². The quantitative estimate of drug-likeness (QED) is 0.832. The maximum absolute atomic E-state index is 12.1. The van der Waals surface area contributed by atoms with E-state index in [1.54, 1.807) is 24.3 Å². The number of amides is 1. The highest BCUT2D eigenvalue weighted by Crippen LogP contribution is 2.29. The van der Waals surface area contributed by atoms with E-state index in [1.165, 1.54) is 0 Å². The second-order valence-electron chi connectivity index (χ2n) is 6.96. The summed E-state index contributed by atoms with van der Waals surface area (Å²) in [6.07, 6.45) is 0.247. The normalized spacial score (nSPS) is 22.0. The van der Waals surface area contributed by atoms with Crippen molar-refractivity contribution in [3.63, 3.8) is 0 Å². The lowest BCUT2D eigenvalue weighted by Gasteiger charge is -2.22. The van der Waals surface area contributed by atoms with Crippen LogP contribution in [0.4, 0.5) is 4.79 Å². The summed E-state index contributed by atoms with van der Waals surface area (Å²) >= 11 is 0. The van der Waals surface area contributed by atoms with Gasteiger partial charge in [0.2, 0.25) is 0 Å². The Bertz CT molecular complexity index is 796. The summed E-state index contributed by atoms with van der Waals surface area (Å²) < 4.78 is 33.4. The van der Waals surface area contributed by atoms with Crippen LogP contribution < -0.4 is 5.32 Å². The number of amidine groups is 1. The molecule has 0 unspecified atom stereocenters. The second-order valence-corrected chi connectivity index (χ2v) is 8.54. The van der Waals surface area contributed by atoms with E-state index in [9.17, 15) is 13.2 Å². The van der Waals surface area contributed by atoms with Crippen molar-refractivity contribution < 1.29 is 17.9 Å². The van der Waals surface area contributed by atoms with Crippen LogP contribution in [0.1, 0.15) is 32.8 Å². The molecule has 1 atom stereocenters. The van der Waals surface area contributed by atoms with Crippen LogP contribution in [0.3, 0.4) is 0 Å². The zero-order chi connectivity index (χ0) is 17.5. The molecule has 1 saturated heterocycles. The zero-order valence-electron chi connectivity index (χ0n) is 13.9. The average Bonchev–Trinajstić information content (AvgIpc) is 3.00. The van der Waals surface area contributed by atoms with Gasteiger partial charge in [-0.2, -0.15) is 8.42 Å². The van der Waals surface area contributed by atoms with E-state index in [1.807, 2.05) is 25.7 Å². The lowest BCUT2D eigenvalue weighted by Crippen LogP contribution is -2.41. The van der Waals surface area contributed by atoms with E-state index in [0.29, 0.717) is 30.9 Å². The number of rotatable bonds is 1. The average molecular weight is 351 g/mol. The minimum absolute atomic E-state index is 0.0991. The maximum Gasteiger partial charge on any atom is 0.407 e. The van der Waals surface area contributed by atoms with Gasteiger partial charge in [-0.05, 0) is 39.3 Å². The molecule has 0 bridgehead atoms. The van der Waals surface area contributed by atoms with E-state index in [4.69, 9.17) is 4.74 Å². The first kappa shape index (κ1) is 16.8. The highest BCUT2D eigenvalue weighted by molar-refractivity contribution is 7.90. The number of carbonyl (C=O) groups is 1. The fourth-order valence-electron chi connectivity index (χ4n) is 2.86. The Labute approximate surface area is 141 Å². The third kappa shape index (κ3) is 3.38. The number of likely N-dealkylation sites (tertiary alicyclic amines) is 1. The molecule has 0 aromatic heterocycles. The Balaban J connectivity index is 1.70. The summed E-state index contributed by atoms with van der Waals surface area (Å²) in [5.41, 5.74) is 0.0701. The van der Waals surface area contributed by atoms with Crippen LogP contribution >= 0.6 is 0 Å².